The molecule has 0 bridgehead atoms. The number of carbonyl (C=O) groups is 1. The molecule has 2 heterocycles. The van der Waals surface area contributed by atoms with E-state index in [1.54, 1.807) is 13.1 Å². The zero-order valence-corrected chi connectivity index (χ0v) is 11.5. The highest BCUT2D eigenvalue weighted by Gasteiger charge is 2.16. The van der Waals surface area contributed by atoms with E-state index >= 15 is 0 Å². The summed E-state index contributed by atoms with van der Waals surface area (Å²) in [5.41, 5.74) is 1.51. The Morgan fingerprint density at radius 3 is 2.81 bits per heavy atom. The number of nitrogens with one attached hydrogen (secondary N) is 2. The van der Waals surface area contributed by atoms with E-state index in [0.29, 0.717) is 12.4 Å². The molecule has 2 aromatic heterocycles. The van der Waals surface area contributed by atoms with Gasteiger partial charge in [-0.2, -0.15) is 0 Å². The molecule has 106 valence electrons. The molecule has 2 N–H and O–H groups in total. The molecule has 21 heavy (non-hydrogen) atoms. The van der Waals surface area contributed by atoms with Crippen LogP contribution >= 0.6 is 0 Å². The fraction of sp³-hybridized carbons (Fsp3) is 0.133. The van der Waals surface area contributed by atoms with Gasteiger partial charge in [0, 0.05) is 13.2 Å². The first-order valence-corrected chi connectivity index (χ1v) is 6.52. The third-order valence-electron chi connectivity index (χ3n) is 3.22. The second-order valence-corrected chi connectivity index (χ2v) is 4.77. The van der Waals surface area contributed by atoms with Gasteiger partial charge in [-0.25, -0.2) is 4.98 Å². The Hall–Kier alpha value is -2.89. The summed E-state index contributed by atoms with van der Waals surface area (Å²) < 4.78 is 0. The number of fused-ring (bicyclic) bond motifs is 1. The number of imidazole rings is 1. The molecular formula is C15H14N4O2. The normalized spacial score (nSPS) is 10.7. The first-order chi connectivity index (χ1) is 10.1. The first kappa shape index (κ1) is 13.1. The fourth-order valence-corrected chi connectivity index (χ4v) is 2.17. The van der Waals surface area contributed by atoms with Crippen LogP contribution in [0.15, 0.2) is 47.4 Å². The number of para-hydroxylation sites is 2. The summed E-state index contributed by atoms with van der Waals surface area (Å²) in [6, 6.07) is 10.8. The van der Waals surface area contributed by atoms with Gasteiger partial charge in [0.05, 0.1) is 17.6 Å². The zero-order chi connectivity index (χ0) is 14.8. The Kier molecular flexibility index (Phi) is 3.27. The van der Waals surface area contributed by atoms with E-state index in [0.717, 1.165) is 11.0 Å². The van der Waals surface area contributed by atoms with Crippen molar-refractivity contribution >= 4 is 16.9 Å². The molecule has 0 radical (unpaired) electrons. The Morgan fingerprint density at radius 1 is 1.24 bits per heavy atom. The van der Waals surface area contributed by atoms with Crippen molar-refractivity contribution in [1.82, 2.24) is 19.9 Å². The van der Waals surface area contributed by atoms with Gasteiger partial charge >= 0.3 is 0 Å². The highest BCUT2D eigenvalue weighted by atomic mass is 16.2. The van der Waals surface area contributed by atoms with Gasteiger partial charge in [-0.1, -0.05) is 12.1 Å². The molecule has 3 aromatic rings. The van der Waals surface area contributed by atoms with Crippen LogP contribution in [-0.2, 0) is 6.54 Å². The van der Waals surface area contributed by atoms with Crippen molar-refractivity contribution in [3.05, 3.63) is 64.3 Å². The summed E-state index contributed by atoms with van der Waals surface area (Å²) in [6.07, 6.45) is 1.50. The number of aromatic nitrogens is 3. The number of amides is 1. The highest BCUT2D eigenvalue weighted by molar-refractivity contribution is 5.93. The predicted octanol–water partition coefficient (Wildman–Crippen LogP) is 1.52. The van der Waals surface area contributed by atoms with E-state index < -0.39 is 0 Å². The maximum absolute atomic E-state index is 12.2. The van der Waals surface area contributed by atoms with E-state index in [4.69, 9.17) is 0 Å². The quantitative estimate of drug-likeness (QED) is 0.764. The summed E-state index contributed by atoms with van der Waals surface area (Å²) in [5.74, 6) is 0.344. The van der Waals surface area contributed by atoms with Crippen LogP contribution in [0.5, 0.6) is 0 Å². The third kappa shape index (κ3) is 2.55. The van der Waals surface area contributed by atoms with Gasteiger partial charge in [-0.15, -0.1) is 0 Å². The number of hydrogen-bond donors (Lipinski definition) is 2. The number of hydrogen-bond acceptors (Lipinski definition) is 3. The smallest absolute Gasteiger partial charge is 0.260 e. The van der Waals surface area contributed by atoms with Gasteiger partial charge in [-0.3, -0.25) is 9.59 Å². The monoisotopic (exact) mass is 282 g/mol. The molecule has 0 saturated carbocycles. The third-order valence-corrected chi connectivity index (χ3v) is 3.22. The minimum absolute atomic E-state index is 0.121. The number of nitrogens with zero attached hydrogens (tertiary/aromatic N) is 2. The van der Waals surface area contributed by atoms with Crippen LogP contribution in [0, 0.1) is 0 Å². The van der Waals surface area contributed by atoms with E-state index in [1.165, 1.54) is 17.2 Å². The molecule has 6 nitrogen and oxygen atoms in total. The lowest BCUT2D eigenvalue weighted by atomic mass is 10.2. The summed E-state index contributed by atoms with van der Waals surface area (Å²) in [4.78, 5) is 35.4. The minimum atomic E-state index is -0.390. The maximum Gasteiger partial charge on any atom is 0.260 e. The van der Waals surface area contributed by atoms with Crippen LogP contribution in [0.1, 0.15) is 16.2 Å². The Bertz CT molecular complexity index is 817. The lowest BCUT2D eigenvalue weighted by Gasteiger charge is -2.14. The molecule has 0 saturated heterocycles. The van der Waals surface area contributed by atoms with Crippen LogP contribution in [-0.4, -0.2) is 32.8 Å². The molecule has 0 unspecified atom stereocenters. The number of pyridine rings is 1. The van der Waals surface area contributed by atoms with Crippen molar-refractivity contribution in [2.24, 2.45) is 0 Å². The van der Waals surface area contributed by atoms with E-state index in [1.807, 2.05) is 24.3 Å². The van der Waals surface area contributed by atoms with Crippen LogP contribution in [0.3, 0.4) is 0 Å². The van der Waals surface area contributed by atoms with E-state index in [-0.39, 0.29) is 17.0 Å². The second-order valence-electron chi connectivity index (χ2n) is 4.77. The standard InChI is InChI=1S/C15H14N4O2/c1-19(15(21)10-5-4-8-16-14(10)20)9-13-17-11-6-2-3-7-12(11)18-13/h2-8H,9H2,1H3,(H,16,20)(H,17,18). The molecular weight excluding hydrogens is 268 g/mol. The molecule has 6 heteroatoms. The number of aromatic amines is 2. The minimum Gasteiger partial charge on any atom is -0.340 e. The summed E-state index contributed by atoms with van der Waals surface area (Å²) in [5, 5.41) is 0. The molecule has 3 rings (SSSR count). The number of H-pyrrole nitrogens is 2. The molecule has 0 aliphatic rings. The van der Waals surface area contributed by atoms with Crippen molar-refractivity contribution in [2.45, 2.75) is 6.54 Å². The molecule has 0 fully saturated rings. The number of benzene rings is 1. The van der Waals surface area contributed by atoms with Crippen LogP contribution in [0.2, 0.25) is 0 Å². The molecule has 1 aromatic carbocycles. The largest absolute Gasteiger partial charge is 0.340 e. The Labute approximate surface area is 120 Å². The molecule has 1 amide bonds. The van der Waals surface area contributed by atoms with Crippen molar-refractivity contribution in [1.29, 1.82) is 0 Å². The average molecular weight is 282 g/mol. The van der Waals surface area contributed by atoms with Gasteiger partial charge in [0.25, 0.3) is 11.5 Å². The van der Waals surface area contributed by atoms with Crippen molar-refractivity contribution in [3.63, 3.8) is 0 Å². The van der Waals surface area contributed by atoms with Gasteiger partial charge in [-0.05, 0) is 24.3 Å². The fourth-order valence-electron chi connectivity index (χ4n) is 2.17. The van der Waals surface area contributed by atoms with Crippen LogP contribution in [0.4, 0.5) is 0 Å². The van der Waals surface area contributed by atoms with Crippen molar-refractivity contribution in [3.8, 4) is 0 Å². The van der Waals surface area contributed by atoms with Gasteiger partial charge in [0.1, 0.15) is 11.4 Å². The summed E-state index contributed by atoms with van der Waals surface area (Å²) >= 11 is 0. The summed E-state index contributed by atoms with van der Waals surface area (Å²) in [7, 11) is 1.64. The lowest BCUT2D eigenvalue weighted by molar-refractivity contribution is 0.0780. The van der Waals surface area contributed by atoms with Crippen LogP contribution < -0.4 is 5.56 Å². The SMILES string of the molecule is CN(Cc1nc2ccccc2[nH]1)C(=O)c1ccc[nH]c1=O. The zero-order valence-electron chi connectivity index (χ0n) is 11.5. The van der Waals surface area contributed by atoms with Gasteiger partial charge in [0.2, 0.25) is 0 Å². The molecule has 0 aliphatic heterocycles. The first-order valence-electron chi connectivity index (χ1n) is 6.52. The van der Waals surface area contributed by atoms with Crippen LogP contribution in [0.25, 0.3) is 11.0 Å². The van der Waals surface area contributed by atoms with E-state index in [9.17, 15) is 9.59 Å². The van der Waals surface area contributed by atoms with E-state index in [2.05, 4.69) is 15.0 Å². The predicted molar refractivity (Wildman–Crippen MR) is 79.0 cm³/mol. The topological polar surface area (TPSA) is 81.8 Å². The molecule has 0 aliphatic carbocycles. The van der Waals surface area contributed by atoms with Gasteiger partial charge < -0.3 is 14.9 Å². The highest BCUT2D eigenvalue weighted by Crippen LogP contribution is 2.11. The average Bonchev–Trinajstić information content (AvgIpc) is 2.89. The number of carbonyl (C=O) groups excluding carboxylic acids is 1. The Morgan fingerprint density at radius 2 is 2.05 bits per heavy atom. The molecule has 0 spiro atoms. The number of rotatable bonds is 3. The second kappa shape index (κ2) is 5.24. The van der Waals surface area contributed by atoms with Gasteiger partial charge in [0.15, 0.2) is 0 Å². The summed E-state index contributed by atoms with van der Waals surface area (Å²) in [6.45, 7) is 0.307. The van der Waals surface area contributed by atoms with Crippen molar-refractivity contribution < 1.29 is 4.79 Å². The van der Waals surface area contributed by atoms with Crippen molar-refractivity contribution in [2.75, 3.05) is 7.05 Å². The molecule has 0 atom stereocenters. The Balaban J connectivity index is 1.82. The lowest BCUT2D eigenvalue weighted by Crippen LogP contribution is -2.31. The maximum atomic E-state index is 12.2.